The molecule has 0 radical (unpaired) electrons. The van der Waals surface area contributed by atoms with Gasteiger partial charge >= 0.3 is 0 Å². The maximum Gasteiger partial charge on any atom is 0.265 e. The molecule has 0 aliphatic carbocycles. The van der Waals surface area contributed by atoms with Gasteiger partial charge < -0.3 is 20.4 Å². The number of nitrogens with zero attached hydrogens (tertiary/aromatic N) is 2. The first-order chi connectivity index (χ1) is 14.6. The van der Waals surface area contributed by atoms with Gasteiger partial charge in [0.2, 0.25) is 15.9 Å². The predicted octanol–water partition coefficient (Wildman–Crippen LogP) is 1.55. The quantitative estimate of drug-likeness (QED) is 0.634. The Morgan fingerprint density at radius 1 is 1.32 bits per heavy atom. The van der Waals surface area contributed by atoms with Gasteiger partial charge in [0.05, 0.1) is 12.6 Å². The Morgan fingerprint density at radius 2 is 2.06 bits per heavy atom. The smallest absolute Gasteiger partial charge is 0.265 e. The molecule has 1 fully saturated rings. The van der Waals surface area contributed by atoms with Crippen molar-refractivity contribution in [3.8, 4) is 0 Å². The van der Waals surface area contributed by atoms with Gasteiger partial charge in [-0.05, 0) is 49.9 Å². The Morgan fingerprint density at radius 3 is 2.68 bits per heavy atom. The van der Waals surface area contributed by atoms with Gasteiger partial charge in [-0.15, -0.1) is 0 Å². The highest BCUT2D eigenvalue weighted by atomic mass is 32.2. The molecule has 1 aromatic carbocycles. The zero-order valence-electron chi connectivity index (χ0n) is 17.9. The summed E-state index contributed by atoms with van der Waals surface area (Å²) in [4.78, 5) is 24.2. The minimum Gasteiger partial charge on any atom is -0.377 e. The van der Waals surface area contributed by atoms with E-state index in [1.54, 1.807) is 6.07 Å². The van der Waals surface area contributed by atoms with E-state index in [9.17, 15) is 18.0 Å². The van der Waals surface area contributed by atoms with E-state index in [4.69, 9.17) is 10.5 Å². The van der Waals surface area contributed by atoms with Gasteiger partial charge in [-0.3, -0.25) is 9.59 Å². The van der Waals surface area contributed by atoms with Crippen molar-refractivity contribution in [2.24, 2.45) is 12.8 Å². The summed E-state index contributed by atoms with van der Waals surface area (Å²) in [6, 6.07) is 6.76. The van der Waals surface area contributed by atoms with E-state index in [1.165, 1.54) is 23.9 Å². The van der Waals surface area contributed by atoms with E-state index in [1.807, 2.05) is 26.0 Å². The highest BCUT2D eigenvalue weighted by Gasteiger charge is 2.32. The van der Waals surface area contributed by atoms with Crippen LogP contribution >= 0.6 is 0 Å². The first kappa shape index (κ1) is 23.0. The molecule has 0 spiro atoms. The average molecular weight is 449 g/mol. The lowest BCUT2D eigenvalue weighted by Crippen LogP contribution is -2.42. The summed E-state index contributed by atoms with van der Waals surface area (Å²) in [7, 11) is -2.53. The zero-order chi connectivity index (χ0) is 22.8. The molecule has 0 saturated carbocycles. The summed E-state index contributed by atoms with van der Waals surface area (Å²) < 4.78 is 34.7. The number of hydrogen-bond acceptors (Lipinski definition) is 5. The summed E-state index contributed by atoms with van der Waals surface area (Å²) in [5, 5.41) is 2.80. The van der Waals surface area contributed by atoms with Crippen LogP contribution < -0.4 is 11.1 Å². The molecule has 31 heavy (non-hydrogen) atoms. The first-order valence-corrected chi connectivity index (χ1v) is 11.5. The molecule has 168 valence electrons. The van der Waals surface area contributed by atoms with Gasteiger partial charge in [0, 0.05) is 32.1 Å². The molecule has 1 atom stereocenters. The number of primary amides is 1. The predicted molar refractivity (Wildman–Crippen MR) is 116 cm³/mol. The molecule has 2 aromatic rings. The van der Waals surface area contributed by atoms with E-state index in [0.717, 1.165) is 21.9 Å². The fraction of sp³-hybridized carbons (Fsp3) is 0.429. The highest BCUT2D eigenvalue weighted by Crippen LogP contribution is 2.23. The van der Waals surface area contributed by atoms with Crippen molar-refractivity contribution < 1.29 is 22.7 Å². The number of carbonyl (C=O) groups is 2. The number of anilines is 1. The Balaban J connectivity index is 1.86. The second kappa shape index (κ2) is 9.21. The Kier molecular flexibility index (Phi) is 6.83. The number of sulfonamides is 1. The third-order valence-corrected chi connectivity index (χ3v) is 7.28. The van der Waals surface area contributed by atoms with Gasteiger partial charge in [-0.25, -0.2) is 8.42 Å². The zero-order valence-corrected chi connectivity index (χ0v) is 18.7. The molecule has 0 bridgehead atoms. The lowest BCUT2D eigenvalue weighted by molar-refractivity contribution is -0.116. The number of benzene rings is 1. The molecule has 1 unspecified atom stereocenters. The molecule has 3 rings (SSSR count). The highest BCUT2D eigenvalue weighted by molar-refractivity contribution is 7.89. The normalized spacial score (nSPS) is 16.6. The van der Waals surface area contributed by atoms with Crippen molar-refractivity contribution in [3.05, 3.63) is 47.3 Å². The number of aromatic nitrogens is 1. The van der Waals surface area contributed by atoms with Gasteiger partial charge in [0.25, 0.3) is 5.91 Å². The van der Waals surface area contributed by atoms with Gasteiger partial charge in [0.1, 0.15) is 10.6 Å². The standard InChI is InChI=1S/C21H28N4O5S/c1-14-6-4-8-18(15(14)2)23-20(26)13-25(11-16-7-5-9-30-16)31(28,29)17-10-19(21(22)27)24(3)12-17/h4,6,8,10,12,16H,5,7,9,11,13H2,1-3H3,(H2,22,27)(H,23,26). The Labute approximate surface area is 182 Å². The number of ether oxygens (including phenoxy) is 1. The monoisotopic (exact) mass is 448 g/mol. The van der Waals surface area contributed by atoms with Crippen molar-refractivity contribution in [2.75, 3.05) is 25.0 Å². The number of carbonyl (C=O) groups excluding carboxylic acids is 2. The van der Waals surface area contributed by atoms with Crippen LogP contribution in [0.3, 0.4) is 0 Å². The molecule has 2 amide bonds. The fourth-order valence-corrected chi connectivity index (χ4v) is 5.07. The summed E-state index contributed by atoms with van der Waals surface area (Å²) >= 11 is 0. The number of hydrogen-bond donors (Lipinski definition) is 2. The van der Waals surface area contributed by atoms with Crippen LogP contribution in [0.1, 0.15) is 34.5 Å². The van der Waals surface area contributed by atoms with E-state index in [-0.39, 0.29) is 29.8 Å². The number of amides is 2. The van der Waals surface area contributed by atoms with Crippen molar-refractivity contribution in [1.82, 2.24) is 8.87 Å². The molecule has 1 aromatic heterocycles. The minimum absolute atomic E-state index is 0.0450. The van der Waals surface area contributed by atoms with Crippen molar-refractivity contribution in [3.63, 3.8) is 0 Å². The van der Waals surface area contributed by atoms with Gasteiger partial charge in [-0.2, -0.15) is 4.31 Å². The van der Waals surface area contributed by atoms with Crippen LogP contribution in [0.25, 0.3) is 0 Å². The van der Waals surface area contributed by atoms with E-state index in [0.29, 0.717) is 18.7 Å². The third-order valence-electron chi connectivity index (χ3n) is 5.50. The van der Waals surface area contributed by atoms with Crippen LogP contribution in [-0.4, -0.2) is 54.9 Å². The van der Waals surface area contributed by atoms with Crippen molar-refractivity contribution in [1.29, 1.82) is 0 Å². The number of nitrogens with two attached hydrogens (primary N) is 1. The van der Waals surface area contributed by atoms with Crippen molar-refractivity contribution in [2.45, 2.75) is 37.7 Å². The van der Waals surface area contributed by atoms with Crippen LogP contribution in [0, 0.1) is 13.8 Å². The first-order valence-electron chi connectivity index (χ1n) is 10.0. The van der Waals surface area contributed by atoms with Gasteiger partial charge in [0.15, 0.2) is 0 Å². The van der Waals surface area contributed by atoms with Crippen molar-refractivity contribution >= 4 is 27.5 Å². The molecule has 9 nitrogen and oxygen atoms in total. The molecular weight excluding hydrogens is 420 g/mol. The van der Waals surface area contributed by atoms with Gasteiger partial charge in [-0.1, -0.05) is 12.1 Å². The number of rotatable bonds is 8. The summed E-state index contributed by atoms with van der Waals surface area (Å²) in [5.41, 5.74) is 7.95. The molecule has 2 heterocycles. The van der Waals surface area contributed by atoms with E-state index >= 15 is 0 Å². The van der Waals surface area contributed by atoms with E-state index in [2.05, 4.69) is 5.32 Å². The van der Waals surface area contributed by atoms with Crippen LogP contribution in [0.4, 0.5) is 5.69 Å². The molecule has 3 N–H and O–H groups in total. The molecule has 1 aliphatic heterocycles. The van der Waals surface area contributed by atoms with Crippen LogP contribution in [0.15, 0.2) is 35.4 Å². The Bertz CT molecular complexity index is 1090. The lowest BCUT2D eigenvalue weighted by atomic mass is 10.1. The van der Waals surface area contributed by atoms with Crippen LogP contribution in [0.5, 0.6) is 0 Å². The maximum absolute atomic E-state index is 13.3. The van der Waals surface area contributed by atoms with Crippen LogP contribution in [0.2, 0.25) is 0 Å². The summed E-state index contributed by atoms with van der Waals surface area (Å²) in [6.45, 7) is 4.05. The fourth-order valence-electron chi connectivity index (χ4n) is 3.57. The SMILES string of the molecule is Cc1cccc(NC(=O)CN(CC2CCCO2)S(=O)(=O)c2cc(C(N)=O)n(C)c2)c1C. The second-order valence-corrected chi connectivity index (χ2v) is 9.70. The van der Waals surface area contributed by atoms with E-state index < -0.39 is 21.8 Å². The summed E-state index contributed by atoms with van der Waals surface area (Å²) in [5.74, 6) is -1.19. The number of nitrogens with one attached hydrogen (secondary N) is 1. The molecular formula is C21H28N4O5S. The second-order valence-electron chi connectivity index (χ2n) is 7.76. The molecule has 1 aliphatic rings. The topological polar surface area (TPSA) is 124 Å². The molecule has 10 heteroatoms. The largest absolute Gasteiger partial charge is 0.377 e. The molecule has 1 saturated heterocycles. The average Bonchev–Trinajstić information content (AvgIpc) is 3.34. The minimum atomic E-state index is -4.07. The third kappa shape index (κ3) is 5.15. The lowest BCUT2D eigenvalue weighted by Gasteiger charge is -2.24. The van der Waals surface area contributed by atoms with Crippen LogP contribution in [-0.2, 0) is 26.6 Å². The Hall–Kier alpha value is -2.69. The summed E-state index contributed by atoms with van der Waals surface area (Å²) in [6.07, 6.45) is 2.58. The number of aryl methyl sites for hydroxylation is 2. The maximum atomic E-state index is 13.3.